The molecule has 0 bridgehead atoms. The van der Waals surface area contributed by atoms with Crippen molar-refractivity contribution in [3.8, 4) is 0 Å². The van der Waals surface area contributed by atoms with E-state index in [9.17, 15) is 9.59 Å². The van der Waals surface area contributed by atoms with Gasteiger partial charge in [-0.15, -0.1) is 0 Å². The normalized spacial score (nSPS) is 12.8. The Labute approximate surface area is 111 Å². The number of aryl methyl sites for hydroxylation is 1. The second kappa shape index (κ2) is 5.73. The zero-order valence-electron chi connectivity index (χ0n) is 11.5. The molecule has 0 aliphatic rings. The minimum atomic E-state index is -1.07. The Balaban J connectivity index is 2.52. The second-order valence-corrected chi connectivity index (χ2v) is 5.40. The quantitative estimate of drug-likeness (QED) is 0.763. The summed E-state index contributed by atoms with van der Waals surface area (Å²) in [6.45, 7) is 7.15. The highest BCUT2D eigenvalue weighted by atomic mass is 16.5. The van der Waals surface area contributed by atoms with E-state index in [1.165, 1.54) is 0 Å². The number of urea groups is 1. The van der Waals surface area contributed by atoms with Gasteiger partial charge < -0.3 is 20.3 Å². The van der Waals surface area contributed by atoms with Crippen LogP contribution in [0.1, 0.15) is 32.2 Å². The molecule has 0 unspecified atom stereocenters. The average Bonchev–Trinajstić information content (AvgIpc) is 2.67. The minimum absolute atomic E-state index is 0.156. The number of carboxylic acid groups (broad SMARTS) is 1. The third kappa shape index (κ3) is 4.61. The maximum Gasteiger partial charge on any atom is 0.326 e. The Bertz CT molecular complexity index is 462. The van der Waals surface area contributed by atoms with Gasteiger partial charge in [0.25, 0.3) is 0 Å². The molecule has 0 aliphatic carbocycles. The Kier molecular flexibility index (Phi) is 4.52. The van der Waals surface area contributed by atoms with Gasteiger partial charge in [-0.25, -0.2) is 9.59 Å². The number of carbonyl (C=O) groups excluding carboxylic acids is 1. The van der Waals surface area contributed by atoms with Crippen LogP contribution in [0, 0.1) is 12.3 Å². The van der Waals surface area contributed by atoms with Crippen molar-refractivity contribution in [3.63, 3.8) is 0 Å². The Morgan fingerprint density at radius 1 is 1.47 bits per heavy atom. The van der Waals surface area contributed by atoms with Gasteiger partial charge in [0.1, 0.15) is 6.04 Å². The number of carbonyl (C=O) groups is 2. The maximum atomic E-state index is 11.6. The van der Waals surface area contributed by atoms with Gasteiger partial charge in [0, 0.05) is 6.07 Å². The van der Waals surface area contributed by atoms with E-state index in [4.69, 9.17) is 9.63 Å². The summed E-state index contributed by atoms with van der Waals surface area (Å²) in [5, 5.41) is 17.7. The van der Waals surface area contributed by atoms with Crippen LogP contribution < -0.4 is 10.6 Å². The molecule has 19 heavy (non-hydrogen) atoms. The van der Waals surface area contributed by atoms with Crippen molar-refractivity contribution in [3.05, 3.63) is 17.5 Å². The summed E-state index contributed by atoms with van der Waals surface area (Å²) >= 11 is 0. The van der Waals surface area contributed by atoms with Gasteiger partial charge in [0.05, 0.1) is 12.2 Å². The van der Waals surface area contributed by atoms with Crippen molar-refractivity contribution in [2.24, 2.45) is 5.41 Å². The molecule has 0 aromatic carbocycles. The van der Waals surface area contributed by atoms with Crippen LogP contribution in [0.5, 0.6) is 0 Å². The number of hydrogen-bond donors (Lipinski definition) is 3. The van der Waals surface area contributed by atoms with Gasteiger partial charge >= 0.3 is 12.0 Å². The van der Waals surface area contributed by atoms with Crippen LogP contribution in [-0.2, 0) is 11.3 Å². The third-order valence-electron chi connectivity index (χ3n) is 2.49. The molecule has 1 heterocycles. The fourth-order valence-corrected chi connectivity index (χ4v) is 1.50. The number of aromatic nitrogens is 1. The van der Waals surface area contributed by atoms with E-state index in [-0.39, 0.29) is 6.54 Å². The predicted octanol–water partition coefficient (Wildman–Crippen LogP) is 1.28. The van der Waals surface area contributed by atoms with Crippen molar-refractivity contribution in [1.82, 2.24) is 15.8 Å². The first-order chi connectivity index (χ1) is 8.70. The van der Waals surface area contributed by atoms with Gasteiger partial charge in [-0.05, 0) is 12.3 Å². The monoisotopic (exact) mass is 269 g/mol. The van der Waals surface area contributed by atoms with Gasteiger partial charge in [0.2, 0.25) is 0 Å². The second-order valence-electron chi connectivity index (χ2n) is 5.40. The molecule has 7 heteroatoms. The molecule has 0 aliphatic heterocycles. The van der Waals surface area contributed by atoms with E-state index in [1.807, 2.05) is 0 Å². The van der Waals surface area contributed by atoms with Crippen LogP contribution in [-0.4, -0.2) is 28.3 Å². The topological polar surface area (TPSA) is 104 Å². The largest absolute Gasteiger partial charge is 0.480 e. The van der Waals surface area contributed by atoms with Crippen LogP contribution >= 0.6 is 0 Å². The lowest BCUT2D eigenvalue weighted by molar-refractivity contribution is -0.141. The Hall–Kier alpha value is -2.05. The number of nitrogens with zero attached hydrogens (tertiary/aromatic N) is 1. The molecule has 7 nitrogen and oxygen atoms in total. The molecular formula is C12H19N3O4. The molecule has 1 atom stereocenters. The molecule has 0 saturated heterocycles. The Morgan fingerprint density at radius 3 is 2.53 bits per heavy atom. The fraction of sp³-hybridized carbons (Fsp3) is 0.583. The summed E-state index contributed by atoms with van der Waals surface area (Å²) in [5.41, 5.74) is 0.140. The molecule has 2 amide bonds. The van der Waals surface area contributed by atoms with Crippen LogP contribution in [0.3, 0.4) is 0 Å². The van der Waals surface area contributed by atoms with Crippen molar-refractivity contribution in [1.29, 1.82) is 0 Å². The number of nitrogens with one attached hydrogen (secondary N) is 2. The number of rotatable bonds is 4. The smallest absolute Gasteiger partial charge is 0.326 e. The average molecular weight is 269 g/mol. The summed E-state index contributed by atoms with van der Waals surface area (Å²) in [7, 11) is 0. The molecule has 0 spiro atoms. The maximum absolute atomic E-state index is 11.6. The molecular weight excluding hydrogens is 250 g/mol. The molecule has 0 saturated carbocycles. The summed E-state index contributed by atoms with van der Waals surface area (Å²) in [6.07, 6.45) is 0. The lowest BCUT2D eigenvalue weighted by atomic mass is 9.87. The fourth-order valence-electron chi connectivity index (χ4n) is 1.50. The highest BCUT2D eigenvalue weighted by Crippen LogP contribution is 2.19. The standard InChI is InChI=1S/C12H19N3O4/c1-7-5-8(19-15-7)6-13-11(18)14-9(10(16)17)12(2,3)4/h5,9H,6H2,1-4H3,(H,16,17)(H2,13,14,18)/t9-/m0/s1. The zero-order valence-corrected chi connectivity index (χ0v) is 11.5. The van der Waals surface area contributed by atoms with E-state index >= 15 is 0 Å². The zero-order chi connectivity index (χ0) is 14.6. The van der Waals surface area contributed by atoms with Crippen LogP contribution in [0.4, 0.5) is 4.79 Å². The van der Waals surface area contributed by atoms with E-state index in [0.29, 0.717) is 5.76 Å². The van der Waals surface area contributed by atoms with E-state index < -0.39 is 23.5 Å². The van der Waals surface area contributed by atoms with Gasteiger partial charge in [-0.1, -0.05) is 25.9 Å². The number of amides is 2. The van der Waals surface area contributed by atoms with Crippen LogP contribution in [0.15, 0.2) is 10.6 Å². The summed E-state index contributed by atoms with van der Waals surface area (Å²) in [5.74, 6) is -0.562. The number of carboxylic acids is 1. The van der Waals surface area contributed by atoms with Crippen molar-refractivity contribution in [2.45, 2.75) is 40.3 Å². The summed E-state index contributed by atoms with van der Waals surface area (Å²) < 4.78 is 4.93. The summed E-state index contributed by atoms with van der Waals surface area (Å²) in [6, 6.07) is 0.166. The van der Waals surface area contributed by atoms with E-state index in [2.05, 4.69) is 15.8 Å². The van der Waals surface area contributed by atoms with Crippen LogP contribution in [0.2, 0.25) is 0 Å². The van der Waals surface area contributed by atoms with Gasteiger partial charge in [-0.2, -0.15) is 0 Å². The first kappa shape index (κ1) is 15.0. The molecule has 0 fully saturated rings. The number of aliphatic carboxylic acids is 1. The molecule has 106 valence electrons. The molecule has 1 aromatic rings. The molecule has 0 radical (unpaired) electrons. The minimum Gasteiger partial charge on any atom is -0.480 e. The molecule has 1 rings (SSSR count). The highest BCUT2D eigenvalue weighted by Gasteiger charge is 2.32. The van der Waals surface area contributed by atoms with Crippen LogP contribution in [0.25, 0.3) is 0 Å². The van der Waals surface area contributed by atoms with Crippen molar-refractivity contribution < 1.29 is 19.2 Å². The molecule has 1 aromatic heterocycles. The first-order valence-electron chi connectivity index (χ1n) is 5.89. The van der Waals surface area contributed by atoms with E-state index in [0.717, 1.165) is 5.69 Å². The van der Waals surface area contributed by atoms with E-state index in [1.54, 1.807) is 33.8 Å². The van der Waals surface area contributed by atoms with Gasteiger partial charge in [-0.3, -0.25) is 0 Å². The van der Waals surface area contributed by atoms with Gasteiger partial charge in [0.15, 0.2) is 5.76 Å². The lowest BCUT2D eigenvalue weighted by Gasteiger charge is -2.27. The first-order valence-corrected chi connectivity index (χ1v) is 5.89. The Morgan fingerprint density at radius 2 is 2.11 bits per heavy atom. The van der Waals surface area contributed by atoms with Crippen molar-refractivity contribution >= 4 is 12.0 Å². The number of hydrogen-bond acceptors (Lipinski definition) is 4. The highest BCUT2D eigenvalue weighted by molar-refractivity contribution is 5.83. The lowest BCUT2D eigenvalue weighted by Crippen LogP contribution is -2.52. The SMILES string of the molecule is Cc1cc(CNC(=O)N[C@@H](C(=O)O)C(C)(C)C)on1. The third-order valence-corrected chi connectivity index (χ3v) is 2.49. The predicted molar refractivity (Wildman–Crippen MR) is 67.5 cm³/mol. The van der Waals surface area contributed by atoms with Crippen molar-refractivity contribution in [2.75, 3.05) is 0 Å². The summed E-state index contributed by atoms with van der Waals surface area (Å²) in [4.78, 5) is 22.7. The molecule has 3 N–H and O–H groups in total.